The van der Waals surface area contributed by atoms with Crippen molar-refractivity contribution in [1.82, 2.24) is 0 Å². The number of nitro groups is 1. The number of nitrogens with one attached hydrogen (secondary N) is 1. The third-order valence-electron chi connectivity index (χ3n) is 3.20. The molecule has 7 nitrogen and oxygen atoms in total. The zero-order chi connectivity index (χ0) is 17.3. The molecule has 9 heteroatoms. The Hall–Kier alpha value is -2.78. The summed E-state index contributed by atoms with van der Waals surface area (Å²) in [5.74, 6) is -1.06. The maximum atomic E-state index is 12.4. The first-order valence-electron chi connectivity index (χ1n) is 6.66. The van der Waals surface area contributed by atoms with E-state index in [4.69, 9.17) is 4.74 Å². The second kappa shape index (κ2) is 6.38. The van der Waals surface area contributed by atoms with Gasteiger partial charge in [0.2, 0.25) is 0 Å². The van der Waals surface area contributed by atoms with Crippen molar-refractivity contribution < 1.29 is 19.2 Å². The Morgan fingerprint density at radius 2 is 1.92 bits per heavy atom. The lowest BCUT2D eigenvalue weighted by molar-refractivity contribution is -0.380. The number of rotatable bonds is 4. The number of nitrogens with zero attached hydrogens (tertiary/aromatic N) is 1. The molecule has 122 valence electrons. The lowest BCUT2D eigenvalue weighted by Crippen LogP contribution is -2.12. The molecule has 1 N–H and O–H groups in total. The molecule has 0 bridgehead atoms. The van der Waals surface area contributed by atoms with Crippen LogP contribution >= 0.6 is 22.7 Å². The van der Waals surface area contributed by atoms with Gasteiger partial charge in [0.05, 0.1) is 22.6 Å². The summed E-state index contributed by atoms with van der Waals surface area (Å²) in [4.78, 5) is 35.0. The summed E-state index contributed by atoms with van der Waals surface area (Å²) in [6.07, 6.45) is 0. The van der Waals surface area contributed by atoms with E-state index >= 15 is 0 Å². The first-order chi connectivity index (χ1) is 11.5. The van der Waals surface area contributed by atoms with E-state index in [-0.39, 0.29) is 14.8 Å². The second-order valence-corrected chi connectivity index (χ2v) is 6.76. The van der Waals surface area contributed by atoms with Crippen molar-refractivity contribution in [1.29, 1.82) is 0 Å². The predicted octanol–water partition coefficient (Wildman–Crippen LogP) is 3.91. The maximum absolute atomic E-state index is 12.4. The molecular weight excluding hydrogens is 352 g/mol. The van der Waals surface area contributed by atoms with E-state index in [1.165, 1.54) is 30.6 Å². The number of methoxy groups -OCH3 is 1. The highest BCUT2D eigenvalue weighted by Crippen LogP contribution is 2.37. The number of hydrogen-bond donors (Lipinski definition) is 1. The number of amides is 1. The summed E-state index contributed by atoms with van der Waals surface area (Å²) < 4.78 is 5.59. The zero-order valence-electron chi connectivity index (χ0n) is 12.3. The first kappa shape index (κ1) is 16.1. The van der Waals surface area contributed by atoms with E-state index in [0.717, 1.165) is 16.0 Å². The molecular formula is C15H10N2O5S2. The summed E-state index contributed by atoms with van der Waals surface area (Å²) >= 11 is 1.98. The molecule has 0 saturated carbocycles. The van der Waals surface area contributed by atoms with Crippen molar-refractivity contribution in [2.75, 3.05) is 12.4 Å². The Labute approximate surface area is 143 Å². The molecule has 3 aromatic rings. The van der Waals surface area contributed by atoms with E-state index in [2.05, 4.69) is 5.32 Å². The number of thiophene rings is 2. The molecule has 2 heterocycles. The van der Waals surface area contributed by atoms with Crippen molar-refractivity contribution in [3.05, 3.63) is 56.3 Å². The minimum atomic E-state index is -0.554. The van der Waals surface area contributed by atoms with Crippen LogP contribution in [0.2, 0.25) is 0 Å². The van der Waals surface area contributed by atoms with Crippen LogP contribution in [0.3, 0.4) is 0 Å². The van der Waals surface area contributed by atoms with Gasteiger partial charge in [0.25, 0.3) is 5.91 Å². The number of carbonyl (C=O) groups is 2. The first-order valence-corrected chi connectivity index (χ1v) is 8.30. The average Bonchev–Trinajstić information content (AvgIpc) is 3.20. The number of fused-ring (bicyclic) bond motifs is 1. The van der Waals surface area contributed by atoms with Crippen molar-refractivity contribution in [3.8, 4) is 0 Å². The third kappa shape index (κ3) is 2.86. The number of anilines is 1. The Balaban J connectivity index is 2.00. The Bertz CT molecular complexity index is 960. The van der Waals surface area contributed by atoms with Crippen molar-refractivity contribution in [2.45, 2.75) is 0 Å². The molecule has 0 aliphatic rings. The Kier molecular flexibility index (Phi) is 4.28. The van der Waals surface area contributed by atoms with Gasteiger partial charge in [0.1, 0.15) is 4.88 Å². The summed E-state index contributed by atoms with van der Waals surface area (Å²) in [5, 5.41) is 14.0. The van der Waals surface area contributed by atoms with E-state index in [1.807, 2.05) is 12.1 Å². The van der Waals surface area contributed by atoms with Gasteiger partial charge in [-0.3, -0.25) is 14.9 Å². The van der Waals surface area contributed by atoms with Gasteiger partial charge in [-0.2, -0.15) is 0 Å². The molecule has 0 radical (unpaired) electrons. The normalized spacial score (nSPS) is 10.5. The van der Waals surface area contributed by atoms with Crippen molar-refractivity contribution in [3.63, 3.8) is 0 Å². The monoisotopic (exact) mass is 362 g/mol. The van der Waals surface area contributed by atoms with Crippen LogP contribution in [0.15, 0.2) is 36.4 Å². The number of hydrogen-bond acceptors (Lipinski definition) is 7. The largest absolute Gasteiger partial charge is 0.465 e. The molecule has 0 unspecified atom stereocenters. The van der Waals surface area contributed by atoms with Crippen LogP contribution in [0.4, 0.5) is 10.7 Å². The van der Waals surface area contributed by atoms with Gasteiger partial charge >= 0.3 is 11.0 Å². The van der Waals surface area contributed by atoms with Gasteiger partial charge < -0.3 is 10.1 Å². The van der Waals surface area contributed by atoms with Gasteiger partial charge in [-0.1, -0.05) is 29.5 Å². The van der Waals surface area contributed by atoms with Crippen LogP contribution in [0, 0.1) is 10.1 Å². The number of esters is 1. The minimum absolute atomic E-state index is 0.122. The number of ether oxygens (including phenoxy) is 1. The average molecular weight is 362 g/mol. The fourth-order valence-corrected chi connectivity index (χ4v) is 3.92. The summed E-state index contributed by atoms with van der Waals surface area (Å²) in [7, 11) is 1.26. The molecule has 0 aliphatic heterocycles. The van der Waals surface area contributed by atoms with Crippen LogP contribution in [0.25, 0.3) is 10.1 Å². The molecule has 2 aromatic heterocycles. The smallest absolute Gasteiger partial charge is 0.350 e. The fraction of sp³-hybridized carbons (Fsp3) is 0.0667. The third-order valence-corrected chi connectivity index (χ3v) is 5.39. The van der Waals surface area contributed by atoms with Gasteiger partial charge in [0, 0.05) is 16.2 Å². The quantitative estimate of drug-likeness (QED) is 0.431. The van der Waals surface area contributed by atoms with Crippen LogP contribution in [0.5, 0.6) is 0 Å². The molecule has 0 aliphatic carbocycles. The lowest BCUT2D eigenvalue weighted by atomic mass is 10.2. The van der Waals surface area contributed by atoms with E-state index in [9.17, 15) is 19.7 Å². The van der Waals surface area contributed by atoms with Crippen LogP contribution in [-0.4, -0.2) is 23.9 Å². The molecule has 24 heavy (non-hydrogen) atoms. The summed E-state index contributed by atoms with van der Waals surface area (Å²) in [6.45, 7) is 0. The maximum Gasteiger partial charge on any atom is 0.350 e. The highest BCUT2D eigenvalue weighted by Gasteiger charge is 2.22. The molecule has 3 rings (SSSR count). The Morgan fingerprint density at radius 1 is 1.17 bits per heavy atom. The van der Waals surface area contributed by atoms with Gasteiger partial charge in [-0.15, -0.1) is 11.3 Å². The predicted molar refractivity (Wildman–Crippen MR) is 92.1 cm³/mol. The molecule has 1 amide bonds. The molecule has 0 fully saturated rings. The van der Waals surface area contributed by atoms with Gasteiger partial charge in [-0.25, -0.2) is 4.79 Å². The highest BCUT2D eigenvalue weighted by molar-refractivity contribution is 7.21. The topological polar surface area (TPSA) is 98.5 Å². The van der Waals surface area contributed by atoms with E-state index in [1.54, 1.807) is 12.1 Å². The summed E-state index contributed by atoms with van der Waals surface area (Å²) in [5.41, 5.74) is 0.350. The zero-order valence-corrected chi connectivity index (χ0v) is 13.9. The SMILES string of the molecule is COC(=O)c1sc2ccccc2c1NC(=O)c1ccc([N+](=O)[O-])s1. The second-order valence-electron chi connectivity index (χ2n) is 4.64. The lowest BCUT2D eigenvalue weighted by Gasteiger charge is -2.05. The molecule has 0 atom stereocenters. The standard InChI is InChI=1S/C15H10N2O5S2/c1-22-15(19)13-12(8-4-2-3-5-9(8)24-13)16-14(18)10-6-7-11(23-10)17(20)21/h2-7H,1H3,(H,16,18). The van der Waals surface area contributed by atoms with Crippen LogP contribution in [0.1, 0.15) is 19.3 Å². The Morgan fingerprint density at radius 3 is 2.58 bits per heavy atom. The highest BCUT2D eigenvalue weighted by atomic mass is 32.1. The minimum Gasteiger partial charge on any atom is -0.465 e. The van der Waals surface area contributed by atoms with Gasteiger partial charge in [0.15, 0.2) is 0 Å². The van der Waals surface area contributed by atoms with Crippen molar-refractivity contribution in [2.24, 2.45) is 0 Å². The van der Waals surface area contributed by atoms with Crippen LogP contribution in [-0.2, 0) is 4.74 Å². The van der Waals surface area contributed by atoms with Gasteiger partial charge in [-0.05, 0) is 12.1 Å². The molecule has 1 aromatic carbocycles. The molecule has 0 spiro atoms. The van der Waals surface area contributed by atoms with Crippen LogP contribution < -0.4 is 5.32 Å². The number of benzene rings is 1. The van der Waals surface area contributed by atoms with Crippen molar-refractivity contribution >= 4 is 55.3 Å². The fourth-order valence-electron chi connectivity index (χ4n) is 2.13. The van der Waals surface area contributed by atoms with E-state index < -0.39 is 16.8 Å². The number of carbonyl (C=O) groups excluding carboxylic acids is 2. The van der Waals surface area contributed by atoms with E-state index in [0.29, 0.717) is 11.1 Å². The molecule has 0 saturated heterocycles. The summed E-state index contributed by atoms with van der Waals surface area (Å²) in [6, 6.07) is 9.88.